The fraction of sp³-hybridized carbons (Fsp3) is 0.550. The van der Waals surface area contributed by atoms with Crippen LogP contribution in [0.1, 0.15) is 63.4 Å². The van der Waals surface area contributed by atoms with Crippen LogP contribution in [0, 0.1) is 0 Å². The molecule has 0 fully saturated rings. The van der Waals surface area contributed by atoms with E-state index in [9.17, 15) is 5.11 Å². The standard InChI is InChI=1S/C20H29NO2/c22-16-9-7-5-3-1-2-4-6-8-11-17-14-15-21-20-18(17)12-10-13-19(20)23/h10,12-15,22-23H,1-9,11,16H2. The zero-order valence-electron chi connectivity index (χ0n) is 14.0. The number of hydrogen-bond acceptors (Lipinski definition) is 3. The Morgan fingerprint density at radius 1 is 0.783 bits per heavy atom. The van der Waals surface area contributed by atoms with Gasteiger partial charge < -0.3 is 10.2 Å². The summed E-state index contributed by atoms with van der Waals surface area (Å²) in [5.74, 6) is 0.269. The topological polar surface area (TPSA) is 53.4 Å². The third-order valence-corrected chi connectivity index (χ3v) is 4.44. The first-order valence-corrected chi connectivity index (χ1v) is 8.99. The molecule has 0 amide bonds. The zero-order valence-corrected chi connectivity index (χ0v) is 14.0. The third kappa shape index (κ3) is 5.83. The van der Waals surface area contributed by atoms with Crippen molar-refractivity contribution in [3.05, 3.63) is 36.0 Å². The molecule has 2 rings (SSSR count). The summed E-state index contributed by atoms with van der Waals surface area (Å²) in [7, 11) is 0. The van der Waals surface area contributed by atoms with E-state index in [4.69, 9.17) is 5.11 Å². The van der Waals surface area contributed by atoms with Crippen molar-refractivity contribution in [1.29, 1.82) is 0 Å². The van der Waals surface area contributed by atoms with Gasteiger partial charge >= 0.3 is 0 Å². The van der Waals surface area contributed by atoms with E-state index < -0.39 is 0 Å². The van der Waals surface area contributed by atoms with Crippen molar-refractivity contribution >= 4 is 10.9 Å². The Kier molecular flexibility index (Phi) is 7.88. The van der Waals surface area contributed by atoms with Crippen LogP contribution in [0.4, 0.5) is 0 Å². The number of pyridine rings is 1. The van der Waals surface area contributed by atoms with Gasteiger partial charge in [0.15, 0.2) is 0 Å². The van der Waals surface area contributed by atoms with Crippen molar-refractivity contribution in [3.63, 3.8) is 0 Å². The minimum Gasteiger partial charge on any atom is -0.506 e. The molecule has 23 heavy (non-hydrogen) atoms. The van der Waals surface area contributed by atoms with Crippen LogP contribution in [-0.4, -0.2) is 21.8 Å². The Morgan fingerprint density at radius 2 is 1.43 bits per heavy atom. The lowest BCUT2D eigenvalue weighted by atomic mass is 10.0. The second-order valence-electron chi connectivity index (χ2n) is 6.30. The number of aromatic nitrogens is 1. The van der Waals surface area contributed by atoms with Crippen LogP contribution in [0.3, 0.4) is 0 Å². The number of para-hydroxylation sites is 1. The van der Waals surface area contributed by atoms with Gasteiger partial charge in [-0.2, -0.15) is 0 Å². The van der Waals surface area contributed by atoms with E-state index >= 15 is 0 Å². The lowest BCUT2D eigenvalue weighted by Crippen LogP contribution is -1.90. The summed E-state index contributed by atoms with van der Waals surface area (Å²) in [4.78, 5) is 4.28. The maximum atomic E-state index is 9.87. The summed E-state index contributed by atoms with van der Waals surface area (Å²) in [6.07, 6.45) is 13.9. The van der Waals surface area contributed by atoms with Crippen molar-refractivity contribution in [2.24, 2.45) is 0 Å². The molecular formula is C20H29NO2. The smallest absolute Gasteiger partial charge is 0.141 e. The number of rotatable bonds is 11. The molecule has 1 heterocycles. The molecule has 2 aromatic rings. The number of unbranched alkanes of at least 4 members (excludes halogenated alkanes) is 8. The van der Waals surface area contributed by atoms with Crippen molar-refractivity contribution in [2.45, 2.75) is 64.2 Å². The number of aryl methyl sites for hydroxylation is 1. The molecule has 0 aliphatic carbocycles. The molecule has 0 aliphatic rings. The predicted molar refractivity (Wildman–Crippen MR) is 95.8 cm³/mol. The number of benzene rings is 1. The van der Waals surface area contributed by atoms with Gasteiger partial charge in [-0.3, -0.25) is 4.98 Å². The predicted octanol–water partition coefficient (Wildman–Crippen LogP) is 4.99. The molecule has 1 aromatic carbocycles. The Bertz CT molecular complexity index is 583. The van der Waals surface area contributed by atoms with E-state index in [0.29, 0.717) is 12.1 Å². The molecule has 0 atom stereocenters. The fourth-order valence-corrected chi connectivity index (χ4v) is 3.10. The van der Waals surface area contributed by atoms with Crippen molar-refractivity contribution in [2.75, 3.05) is 6.61 Å². The number of aliphatic hydroxyl groups excluding tert-OH is 1. The average molecular weight is 315 g/mol. The molecule has 0 saturated heterocycles. The molecule has 126 valence electrons. The van der Waals surface area contributed by atoms with Gasteiger partial charge in [-0.25, -0.2) is 0 Å². The number of aromatic hydroxyl groups is 1. The van der Waals surface area contributed by atoms with E-state index in [1.807, 2.05) is 12.1 Å². The summed E-state index contributed by atoms with van der Waals surface area (Å²) in [6.45, 7) is 0.335. The number of hydrogen-bond donors (Lipinski definition) is 2. The van der Waals surface area contributed by atoms with E-state index in [1.54, 1.807) is 12.3 Å². The Hall–Kier alpha value is -1.61. The van der Waals surface area contributed by atoms with E-state index in [-0.39, 0.29) is 5.75 Å². The van der Waals surface area contributed by atoms with Crippen LogP contribution in [-0.2, 0) is 6.42 Å². The number of aliphatic hydroxyl groups is 1. The first-order chi connectivity index (χ1) is 11.3. The van der Waals surface area contributed by atoms with Crippen molar-refractivity contribution in [3.8, 4) is 5.75 Å². The average Bonchev–Trinajstić information content (AvgIpc) is 2.57. The number of fused-ring (bicyclic) bond motifs is 1. The first-order valence-electron chi connectivity index (χ1n) is 8.99. The van der Waals surface area contributed by atoms with Crippen LogP contribution in [0.2, 0.25) is 0 Å². The highest BCUT2D eigenvalue weighted by atomic mass is 16.3. The van der Waals surface area contributed by atoms with Gasteiger partial charge in [0.2, 0.25) is 0 Å². The SMILES string of the molecule is OCCCCCCCCCCCc1ccnc2c(O)cccc12. The fourth-order valence-electron chi connectivity index (χ4n) is 3.10. The molecule has 0 aliphatic heterocycles. The van der Waals surface area contributed by atoms with E-state index in [0.717, 1.165) is 18.2 Å². The van der Waals surface area contributed by atoms with E-state index in [2.05, 4.69) is 11.1 Å². The number of phenolic OH excluding ortho intramolecular Hbond substituents is 1. The first kappa shape index (κ1) is 17.7. The largest absolute Gasteiger partial charge is 0.506 e. The Morgan fingerprint density at radius 3 is 2.13 bits per heavy atom. The van der Waals surface area contributed by atoms with Gasteiger partial charge in [0.25, 0.3) is 0 Å². The second-order valence-corrected chi connectivity index (χ2v) is 6.30. The van der Waals surface area contributed by atoms with Crippen molar-refractivity contribution < 1.29 is 10.2 Å². The van der Waals surface area contributed by atoms with E-state index in [1.165, 1.54) is 56.9 Å². The highest BCUT2D eigenvalue weighted by molar-refractivity contribution is 5.86. The van der Waals surface area contributed by atoms with Crippen LogP contribution < -0.4 is 0 Å². The van der Waals surface area contributed by atoms with Gasteiger partial charge in [-0.15, -0.1) is 0 Å². The van der Waals surface area contributed by atoms with Crippen LogP contribution >= 0.6 is 0 Å². The van der Waals surface area contributed by atoms with Gasteiger partial charge in [0.05, 0.1) is 0 Å². The third-order valence-electron chi connectivity index (χ3n) is 4.44. The van der Waals surface area contributed by atoms with Crippen LogP contribution in [0.5, 0.6) is 5.75 Å². The highest BCUT2D eigenvalue weighted by Gasteiger charge is 2.05. The molecular weight excluding hydrogens is 286 g/mol. The molecule has 0 unspecified atom stereocenters. The summed E-state index contributed by atoms with van der Waals surface area (Å²) >= 11 is 0. The van der Waals surface area contributed by atoms with Crippen molar-refractivity contribution in [1.82, 2.24) is 4.98 Å². The molecule has 0 spiro atoms. The van der Waals surface area contributed by atoms with Gasteiger partial charge in [-0.05, 0) is 37.0 Å². The Balaban J connectivity index is 1.65. The maximum Gasteiger partial charge on any atom is 0.141 e. The minimum absolute atomic E-state index is 0.269. The van der Waals surface area contributed by atoms with Crippen LogP contribution in [0.15, 0.2) is 30.5 Å². The normalized spacial score (nSPS) is 11.2. The Labute approximate surface area is 139 Å². The molecule has 0 radical (unpaired) electrons. The van der Waals surface area contributed by atoms with Crippen LogP contribution in [0.25, 0.3) is 10.9 Å². The molecule has 0 bridgehead atoms. The maximum absolute atomic E-state index is 9.87. The number of phenols is 1. The molecule has 0 saturated carbocycles. The summed E-state index contributed by atoms with van der Waals surface area (Å²) in [5.41, 5.74) is 2.00. The molecule has 2 N–H and O–H groups in total. The molecule has 1 aromatic heterocycles. The molecule has 3 heteroatoms. The number of nitrogens with zero attached hydrogens (tertiary/aromatic N) is 1. The minimum atomic E-state index is 0.269. The monoisotopic (exact) mass is 315 g/mol. The summed E-state index contributed by atoms with van der Waals surface area (Å²) in [5, 5.41) is 19.7. The lowest BCUT2D eigenvalue weighted by molar-refractivity contribution is 0.282. The lowest BCUT2D eigenvalue weighted by Gasteiger charge is -2.07. The highest BCUT2D eigenvalue weighted by Crippen LogP contribution is 2.25. The zero-order chi connectivity index (χ0) is 16.3. The molecule has 3 nitrogen and oxygen atoms in total. The van der Waals surface area contributed by atoms with Gasteiger partial charge in [0, 0.05) is 18.2 Å². The van der Waals surface area contributed by atoms with Gasteiger partial charge in [0.1, 0.15) is 11.3 Å². The quantitative estimate of drug-likeness (QED) is 0.575. The van der Waals surface area contributed by atoms with Gasteiger partial charge in [-0.1, -0.05) is 57.1 Å². The summed E-state index contributed by atoms with van der Waals surface area (Å²) in [6, 6.07) is 7.70. The second kappa shape index (κ2) is 10.2. The summed E-state index contributed by atoms with van der Waals surface area (Å²) < 4.78 is 0.